The smallest absolute Gasteiger partial charge is 0.312 e. The van der Waals surface area contributed by atoms with Crippen LogP contribution in [0, 0.1) is 6.92 Å². The van der Waals surface area contributed by atoms with E-state index >= 15 is 0 Å². The number of rotatable bonds is 5. The highest BCUT2D eigenvalue weighted by Crippen LogP contribution is 2.22. The lowest BCUT2D eigenvalue weighted by Crippen LogP contribution is -3.20. The van der Waals surface area contributed by atoms with Crippen molar-refractivity contribution in [2.45, 2.75) is 19.4 Å². The molecule has 24 heavy (non-hydrogen) atoms. The minimum atomic E-state index is -0.627. The van der Waals surface area contributed by atoms with E-state index in [1.165, 1.54) is 7.11 Å². The third-order valence-corrected chi connectivity index (χ3v) is 4.49. The van der Waals surface area contributed by atoms with Crippen LogP contribution in [0.25, 0.3) is 0 Å². The summed E-state index contributed by atoms with van der Waals surface area (Å²) in [6.45, 7) is 2.94. The number of piperazine rings is 1. The first-order valence-corrected chi connectivity index (χ1v) is 8.04. The quantitative estimate of drug-likeness (QED) is 0.624. The van der Waals surface area contributed by atoms with Crippen LogP contribution in [0.3, 0.4) is 0 Å². The van der Waals surface area contributed by atoms with Crippen LogP contribution in [0.4, 0.5) is 5.69 Å². The first kappa shape index (κ1) is 18.2. The summed E-state index contributed by atoms with van der Waals surface area (Å²) in [4.78, 5) is 36.6. The standard InChI is InChI=1S/C16H20ClN3O4/c1-10-11(17)4-3-5-12(10)19-14(21)9-20-7-6-18-16(23)13(20)8-15(22)24-2/h3-5,13H,6-9H2,1-2H3,(H,18,23)(H,19,21)/p+1/t13-/m0/s1. The van der Waals surface area contributed by atoms with Crippen molar-refractivity contribution in [3.05, 3.63) is 28.8 Å². The molecule has 1 heterocycles. The number of anilines is 1. The zero-order valence-electron chi connectivity index (χ0n) is 13.6. The van der Waals surface area contributed by atoms with Gasteiger partial charge in [0.15, 0.2) is 12.6 Å². The maximum absolute atomic E-state index is 12.3. The van der Waals surface area contributed by atoms with Crippen molar-refractivity contribution in [1.29, 1.82) is 0 Å². The van der Waals surface area contributed by atoms with E-state index in [4.69, 9.17) is 11.6 Å². The molecule has 8 heteroatoms. The number of benzene rings is 1. The molecule has 0 saturated carbocycles. The molecule has 7 nitrogen and oxygen atoms in total. The maximum atomic E-state index is 12.3. The number of hydrogen-bond acceptors (Lipinski definition) is 4. The molecular weight excluding hydrogens is 334 g/mol. The number of amides is 2. The average Bonchev–Trinajstić information content (AvgIpc) is 2.55. The van der Waals surface area contributed by atoms with E-state index in [0.29, 0.717) is 23.8 Å². The van der Waals surface area contributed by atoms with Gasteiger partial charge in [-0.25, -0.2) is 0 Å². The highest BCUT2D eigenvalue weighted by molar-refractivity contribution is 6.31. The van der Waals surface area contributed by atoms with Gasteiger partial charge in [0.1, 0.15) is 6.42 Å². The number of nitrogens with one attached hydrogen (secondary N) is 3. The molecule has 0 radical (unpaired) electrons. The Bertz CT molecular complexity index is 650. The number of quaternary nitrogens is 1. The molecule has 3 N–H and O–H groups in total. The highest BCUT2D eigenvalue weighted by atomic mass is 35.5. The first-order chi connectivity index (χ1) is 11.4. The fraction of sp³-hybridized carbons (Fsp3) is 0.438. The van der Waals surface area contributed by atoms with Gasteiger partial charge >= 0.3 is 5.97 Å². The molecule has 1 aromatic rings. The van der Waals surface area contributed by atoms with E-state index < -0.39 is 12.0 Å². The molecule has 1 aliphatic rings. The van der Waals surface area contributed by atoms with Crippen LogP contribution in [0.5, 0.6) is 0 Å². The number of methoxy groups -OCH3 is 1. The Kier molecular flexibility index (Phi) is 6.16. The number of carbonyl (C=O) groups is 3. The van der Waals surface area contributed by atoms with E-state index in [-0.39, 0.29) is 24.8 Å². The highest BCUT2D eigenvalue weighted by Gasteiger charge is 2.36. The number of esters is 1. The number of carbonyl (C=O) groups excluding carboxylic acids is 3. The molecule has 1 fully saturated rings. The molecule has 1 aromatic carbocycles. The van der Waals surface area contributed by atoms with Crippen molar-refractivity contribution in [3.8, 4) is 0 Å². The summed E-state index contributed by atoms with van der Waals surface area (Å²) in [5, 5.41) is 6.09. The lowest BCUT2D eigenvalue weighted by atomic mass is 10.1. The van der Waals surface area contributed by atoms with E-state index in [2.05, 4.69) is 15.4 Å². The van der Waals surface area contributed by atoms with E-state index in [9.17, 15) is 14.4 Å². The summed E-state index contributed by atoms with van der Waals surface area (Å²) in [5.41, 5.74) is 1.42. The second kappa shape index (κ2) is 8.12. The molecule has 2 amide bonds. The third-order valence-electron chi connectivity index (χ3n) is 4.08. The average molecular weight is 355 g/mol. The topological polar surface area (TPSA) is 88.9 Å². The molecule has 2 atom stereocenters. The minimum Gasteiger partial charge on any atom is -0.469 e. The fourth-order valence-electron chi connectivity index (χ4n) is 2.67. The first-order valence-electron chi connectivity index (χ1n) is 7.66. The number of ether oxygens (including phenoxy) is 1. The Morgan fingerprint density at radius 2 is 2.21 bits per heavy atom. The summed E-state index contributed by atoms with van der Waals surface area (Å²) in [6, 6.07) is 4.65. The van der Waals surface area contributed by atoms with Gasteiger partial charge in [0, 0.05) is 10.7 Å². The summed E-state index contributed by atoms with van der Waals surface area (Å²) >= 11 is 6.04. The Hall–Kier alpha value is -2.12. The van der Waals surface area contributed by atoms with Gasteiger partial charge in [-0.3, -0.25) is 14.4 Å². The molecule has 0 spiro atoms. The van der Waals surface area contributed by atoms with Crippen LogP contribution in [0.15, 0.2) is 18.2 Å². The third kappa shape index (κ3) is 4.46. The minimum absolute atomic E-state index is 0.0544. The summed E-state index contributed by atoms with van der Waals surface area (Å²) < 4.78 is 4.63. The van der Waals surface area contributed by atoms with Crippen molar-refractivity contribution in [1.82, 2.24) is 5.32 Å². The SMILES string of the molecule is COC(=O)C[C@H]1C(=O)NCC[NH+]1CC(=O)Nc1cccc(Cl)c1C. The van der Waals surface area contributed by atoms with Crippen LogP contribution >= 0.6 is 11.6 Å². The zero-order valence-corrected chi connectivity index (χ0v) is 14.4. The van der Waals surface area contributed by atoms with Gasteiger partial charge < -0.3 is 20.3 Å². The molecule has 1 aliphatic heterocycles. The molecule has 1 saturated heterocycles. The summed E-state index contributed by atoms with van der Waals surface area (Å²) in [5.74, 6) is -0.950. The predicted molar refractivity (Wildman–Crippen MR) is 88.9 cm³/mol. The monoisotopic (exact) mass is 354 g/mol. The molecule has 0 aliphatic carbocycles. The maximum Gasteiger partial charge on any atom is 0.312 e. The van der Waals surface area contributed by atoms with Gasteiger partial charge in [0.25, 0.3) is 11.8 Å². The normalized spacial score (nSPS) is 20.2. The van der Waals surface area contributed by atoms with E-state index in [1.54, 1.807) is 18.2 Å². The molecule has 2 rings (SSSR count). The number of hydrogen-bond donors (Lipinski definition) is 3. The van der Waals surface area contributed by atoms with Crippen LogP contribution in [-0.4, -0.2) is 50.6 Å². The lowest BCUT2D eigenvalue weighted by Gasteiger charge is -2.30. The Balaban J connectivity index is 2.03. The van der Waals surface area contributed by atoms with Crippen molar-refractivity contribution in [2.24, 2.45) is 0 Å². The second-order valence-electron chi connectivity index (χ2n) is 5.67. The van der Waals surface area contributed by atoms with Gasteiger partial charge in [-0.1, -0.05) is 17.7 Å². The van der Waals surface area contributed by atoms with Crippen LogP contribution < -0.4 is 15.5 Å². The van der Waals surface area contributed by atoms with Gasteiger partial charge in [-0.15, -0.1) is 0 Å². The molecule has 130 valence electrons. The van der Waals surface area contributed by atoms with Crippen molar-refractivity contribution >= 4 is 35.1 Å². The number of halogens is 1. The van der Waals surface area contributed by atoms with Gasteiger partial charge in [0.05, 0.1) is 20.2 Å². The van der Waals surface area contributed by atoms with Gasteiger partial charge in [-0.05, 0) is 24.6 Å². The van der Waals surface area contributed by atoms with Gasteiger partial charge in [0.2, 0.25) is 0 Å². The predicted octanol–water partition coefficient (Wildman–Crippen LogP) is -0.467. The lowest BCUT2D eigenvalue weighted by molar-refractivity contribution is -0.909. The van der Waals surface area contributed by atoms with Crippen molar-refractivity contribution in [2.75, 3.05) is 32.1 Å². The summed E-state index contributed by atoms with van der Waals surface area (Å²) in [7, 11) is 1.28. The second-order valence-corrected chi connectivity index (χ2v) is 6.08. The van der Waals surface area contributed by atoms with Gasteiger partial charge in [-0.2, -0.15) is 0 Å². The van der Waals surface area contributed by atoms with Crippen LogP contribution in [0.2, 0.25) is 5.02 Å². The Morgan fingerprint density at radius 3 is 2.92 bits per heavy atom. The Labute approximate surface area is 145 Å². The van der Waals surface area contributed by atoms with Crippen molar-refractivity contribution < 1.29 is 24.0 Å². The molecule has 0 aromatic heterocycles. The Morgan fingerprint density at radius 1 is 1.46 bits per heavy atom. The zero-order chi connectivity index (χ0) is 17.7. The van der Waals surface area contributed by atoms with E-state index in [1.807, 2.05) is 6.92 Å². The molecule has 0 bridgehead atoms. The largest absolute Gasteiger partial charge is 0.469 e. The van der Waals surface area contributed by atoms with Crippen molar-refractivity contribution in [3.63, 3.8) is 0 Å². The van der Waals surface area contributed by atoms with Crippen LogP contribution in [0.1, 0.15) is 12.0 Å². The summed E-state index contributed by atoms with van der Waals surface area (Å²) in [6.07, 6.45) is -0.0544. The van der Waals surface area contributed by atoms with Crippen LogP contribution in [-0.2, 0) is 19.1 Å². The molecule has 1 unspecified atom stereocenters. The molecular formula is C16H21ClN3O4+. The van der Waals surface area contributed by atoms with E-state index in [0.717, 1.165) is 10.5 Å². The fourth-order valence-corrected chi connectivity index (χ4v) is 2.85.